The zero-order chi connectivity index (χ0) is 19.9. The maximum Gasteiger partial charge on any atom is 0.0379 e. The second-order valence-electron chi connectivity index (χ2n) is 10.2. The van der Waals surface area contributed by atoms with E-state index >= 15 is 0 Å². The van der Waals surface area contributed by atoms with Crippen LogP contribution in [0.1, 0.15) is 79.0 Å². The first-order chi connectivity index (χ1) is 11.7. The Bertz CT molecular complexity index is 725. The summed E-state index contributed by atoms with van der Waals surface area (Å²) in [5, 5.41) is 14.5. The van der Waals surface area contributed by atoms with E-state index in [9.17, 15) is 5.21 Å². The molecule has 1 aromatic carbocycles. The average Bonchev–Trinajstić information content (AvgIpc) is 2.51. The quantitative estimate of drug-likeness (QED) is 0.570. The summed E-state index contributed by atoms with van der Waals surface area (Å²) < 4.78 is 0. The molecular formula is C23H33N2O-. The summed E-state index contributed by atoms with van der Waals surface area (Å²) in [6, 6.07) is 7.97. The molecule has 0 atom stereocenters. The van der Waals surface area contributed by atoms with E-state index in [4.69, 9.17) is 0 Å². The van der Waals surface area contributed by atoms with Crippen LogP contribution in [0.25, 0.3) is 0 Å². The summed E-state index contributed by atoms with van der Waals surface area (Å²) >= 11 is 0. The highest BCUT2D eigenvalue weighted by atomic mass is 16.5. The molecule has 3 heteroatoms. The molecule has 26 heavy (non-hydrogen) atoms. The van der Waals surface area contributed by atoms with Crippen LogP contribution in [0.4, 0.5) is 11.4 Å². The first-order valence-electron chi connectivity index (χ1n) is 9.29. The van der Waals surface area contributed by atoms with Crippen molar-refractivity contribution in [3.8, 4) is 0 Å². The highest BCUT2D eigenvalue weighted by molar-refractivity contribution is 5.74. The van der Waals surface area contributed by atoms with Gasteiger partial charge in [0, 0.05) is 23.8 Å². The molecule has 0 amide bonds. The lowest BCUT2D eigenvalue weighted by Gasteiger charge is -2.41. The smallest absolute Gasteiger partial charge is 0.0379 e. The second kappa shape index (κ2) is 6.70. The third kappa shape index (κ3) is 4.27. The van der Waals surface area contributed by atoms with Crippen molar-refractivity contribution < 1.29 is 0 Å². The van der Waals surface area contributed by atoms with Gasteiger partial charge in [-0.05, 0) is 45.1 Å². The van der Waals surface area contributed by atoms with E-state index in [1.165, 1.54) is 5.56 Å². The molecule has 0 aliphatic heterocycles. The SMILES string of the molecule is CC(C)(C)c1cc(C(C)(C)C)c(N([O-])c2ccncc2)c(C(C)(C)C)c1. The Morgan fingerprint density at radius 2 is 1.15 bits per heavy atom. The Balaban J connectivity index is 2.87. The predicted molar refractivity (Wildman–Crippen MR) is 112 cm³/mol. The number of pyridine rings is 1. The zero-order valence-corrected chi connectivity index (χ0v) is 17.8. The van der Waals surface area contributed by atoms with Crippen LogP contribution in [-0.4, -0.2) is 4.98 Å². The van der Waals surface area contributed by atoms with Crippen LogP contribution in [0.3, 0.4) is 0 Å². The number of aromatic nitrogens is 1. The lowest BCUT2D eigenvalue weighted by molar-refractivity contribution is 0.549. The topological polar surface area (TPSA) is 39.2 Å². The Labute approximate surface area is 159 Å². The number of anilines is 2. The molecule has 142 valence electrons. The van der Waals surface area contributed by atoms with Gasteiger partial charge in [0.15, 0.2) is 0 Å². The van der Waals surface area contributed by atoms with Gasteiger partial charge in [-0.3, -0.25) is 4.98 Å². The Morgan fingerprint density at radius 3 is 1.50 bits per heavy atom. The van der Waals surface area contributed by atoms with Gasteiger partial charge < -0.3 is 10.3 Å². The average molecular weight is 354 g/mol. The van der Waals surface area contributed by atoms with E-state index in [0.29, 0.717) is 5.69 Å². The van der Waals surface area contributed by atoms with Crippen molar-refractivity contribution in [3.63, 3.8) is 0 Å². The zero-order valence-electron chi connectivity index (χ0n) is 17.8. The van der Waals surface area contributed by atoms with Crippen molar-refractivity contribution in [2.75, 3.05) is 5.06 Å². The molecule has 3 nitrogen and oxygen atoms in total. The van der Waals surface area contributed by atoms with Crippen LogP contribution >= 0.6 is 0 Å². The summed E-state index contributed by atoms with van der Waals surface area (Å²) in [4.78, 5) is 4.04. The van der Waals surface area contributed by atoms with E-state index in [1.54, 1.807) is 24.5 Å². The summed E-state index contributed by atoms with van der Waals surface area (Å²) in [5.74, 6) is 0. The minimum absolute atomic E-state index is 0.0168. The molecule has 0 N–H and O–H groups in total. The van der Waals surface area contributed by atoms with E-state index in [0.717, 1.165) is 21.9 Å². The summed E-state index contributed by atoms with van der Waals surface area (Å²) in [7, 11) is 0. The van der Waals surface area contributed by atoms with Gasteiger partial charge in [-0.2, -0.15) is 0 Å². The fourth-order valence-corrected chi connectivity index (χ4v) is 3.04. The van der Waals surface area contributed by atoms with Crippen LogP contribution in [0.5, 0.6) is 0 Å². The maximum atomic E-state index is 13.4. The molecule has 0 spiro atoms. The van der Waals surface area contributed by atoms with Crippen molar-refractivity contribution in [1.82, 2.24) is 4.98 Å². The molecule has 2 aromatic rings. The van der Waals surface area contributed by atoms with Crippen molar-refractivity contribution >= 4 is 11.4 Å². The van der Waals surface area contributed by atoms with E-state index < -0.39 is 0 Å². The van der Waals surface area contributed by atoms with E-state index in [1.807, 2.05) is 0 Å². The summed E-state index contributed by atoms with van der Waals surface area (Å²) in [6.45, 7) is 19.7. The minimum atomic E-state index is -0.147. The molecule has 0 aliphatic rings. The van der Waals surface area contributed by atoms with Gasteiger partial charge >= 0.3 is 0 Å². The summed E-state index contributed by atoms with van der Waals surface area (Å²) in [6.07, 6.45) is 3.33. The van der Waals surface area contributed by atoms with Crippen LogP contribution in [0.15, 0.2) is 36.7 Å². The number of hydrogen-bond acceptors (Lipinski definition) is 3. The largest absolute Gasteiger partial charge is 0.754 e. The molecule has 2 rings (SSSR count). The highest BCUT2D eigenvalue weighted by Gasteiger charge is 2.29. The van der Waals surface area contributed by atoms with Crippen molar-refractivity contribution in [3.05, 3.63) is 58.6 Å². The van der Waals surface area contributed by atoms with Crippen LogP contribution < -0.4 is 5.06 Å². The molecule has 0 saturated carbocycles. The van der Waals surface area contributed by atoms with Crippen LogP contribution in [0.2, 0.25) is 0 Å². The third-order valence-corrected chi connectivity index (χ3v) is 4.69. The van der Waals surface area contributed by atoms with Gasteiger partial charge in [-0.1, -0.05) is 74.4 Å². The third-order valence-electron chi connectivity index (χ3n) is 4.69. The molecule has 0 aliphatic carbocycles. The van der Waals surface area contributed by atoms with Crippen molar-refractivity contribution in [2.45, 2.75) is 78.6 Å². The van der Waals surface area contributed by atoms with Crippen LogP contribution in [-0.2, 0) is 16.2 Å². The molecule has 0 saturated heterocycles. The molecule has 0 unspecified atom stereocenters. The molecule has 0 bridgehead atoms. The van der Waals surface area contributed by atoms with Crippen LogP contribution in [0, 0.1) is 5.21 Å². The van der Waals surface area contributed by atoms with Gasteiger partial charge in [0.2, 0.25) is 0 Å². The van der Waals surface area contributed by atoms with Gasteiger partial charge in [0.25, 0.3) is 0 Å². The Hall–Kier alpha value is -1.87. The monoisotopic (exact) mass is 353 g/mol. The fourth-order valence-electron chi connectivity index (χ4n) is 3.04. The normalized spacial score (nSPS) is 13.0. The minimum Gasteiger partial charge on any atom is -0.754 e. The molecule has 1 aromatic heterocycles. The fraction of sp³-hybridized carbons (Fsp3) is 0.522. The lowest BCUT2D eigenvalue weighted by Crippen LogP contribution is -2.26. The predicted octanol–water partition coefficient (Wildman–Crippen LogP) is 6.61. The lowest BCUT2D eigenvalue weighted by atomic mass is 9.74. The van der Waals surface area contributed by atoms with Gasteiger partial charge in [-0.15, -0.1) is 0 Å². The number of benzene rings is 1. The van der Waals surface area contributed by atoms with Gasteiger partial charge in [0.05, 0.1) is 0 Å². The van der Waals surface area contributed by atoms with E-state index in [-0.39, 0.29) is 16.2 Å². The second-order valence-corrected chi connectivity index (χ2v) is 10.2. The van der Waals surface area contributed by atoms with Crippen molar-refractivity contribution in [1.29, 1.82) is 0 Å². The first kappa shape index (κ1) is 20.4. The van der Waals surface area contributed by atoms with E-state index in [2.05, 4.69) is 79.4 Å². The molecule has 0 radical (unpaired) electrons. The standard InChI is InChI=1S/C23H33N2O/c1-21(2,3)16-14-18(22(4,5)6)20(19(15-16)23(7,8)9)25(26)17-10-12-24-13-11-17/h10-15H,1-9H3/q-1. The maximum absolute atomic E-state index is 13.4. The van der Waals surface area contributed by atoms with Crippen molar-refractivity contribution in [2.24, 2.45) is 0 Å². The number of hydrogen-bond donors (Lipinski definition) is 0. The van der Waals surface area contributed by atoms with Gasteiger partial charge in [0.1, 0.15) is 0 Å². The molecule has 1 heterocycles. The Kier molecular flexibility index (Phi) is 5.26. The van der Waals surface area contributed by atoms with Gasteiger partial charge in [-0.25, -0.2) is 0 Å². The highest BCUT2D eigenvalue weighted by Crippen LogP contribution is 2.44. The first-order valence-corrected chi connectivity index (χ1v) is 9.29. The molecule has 0 fully saturated rings. The number of nitrogens with zero attached hydrogens (tertiary/aromatic N) is 2. The Morgan fingerprint density at radius 1 is 0.731 bits per heavy atom. The number of rotatable bonds is 2. The summed E-state index contributed by atoms with van der Waals surface area (Å²) in [5.41, 5.74) is 4.54. The molecular weight excluding hydrogens is 320 g/mol.